The molecule has 0 aliphatic heterocycles. The summed E-state index contributed by atoms with van der Waals surface area (Å²) in [7, 11) is 1.41. The van der Waals surface area contributed by atoms with E-state index in [4.69, 9.17) is 27.9 Å². The fourth-order valence-electron chi connectivity index (χ4n) is 1.75. The summed E-state index contributed by atoms with van der Waals surface area (Å²) < 4.78 is 4.95. The lowest BCUT2D eigenvalue weighted by Gasteiger charge is -2.05. The number of rotatable bonds is 4. The van der Waals surface area contributed by atoms with Gasteiger partial charge in [0.15, 0.2) is 11.5 Å². The Balaban J connectivity index is 1.94. The van der Waals surface area contributed by atoms with Crippen molar-refractivity contribution in [1.29, 1.82) is 0 Å². The molecule has 0 aromatic heterocycles. The molecule has 130 valence electrons. The molecule has 9 heteroatoms. The second-order valence-electron chi connectivity index (χ2n) is 4.71. The molecule has 2 rings (SSSR count). The molecule has 0 radical (unpaired) electrons. The number of anilines is 1. The summed E-state index contributed by atoms with van der Waals surface area (Å²) in [6.07, 6.45) is 1.30. The number of hydrazone groups is 1. The summed E-state index contributed by atoms with van der Waals surface area (Å²) >= 11 is 11.6. The van der Waals surface area contributed by atoms with Crippen molar-refractivity contribution in [3.05, 3.63) is 52.0 Å². The van der Waals surface area contributed by atoms with Crippen LogP contribution in [0.1, 0.15) is 5.56 Å². The van der Waals surface area contributed by atoms with Gasteiger partial charge in [0, 0.05) is 5.69 Å². The van der Waals surface area contributed by atoms with Crippen LogP contribution in [0.3, 0.4) is 0 Å². The molecule has 0 fully saturated rings. The number of carbonyl (C=O) groups is 2. The molecule has 2 aromatic rings. The minimum atomic E-state index is -0.965. The zero-order chi connectivity index (χ0) is 18.4. The molecular weight excluding hydrogens is 369 g/mol. The monoisotopic (exact) mass is 381 g/mol. The third-order valence-electron chi connectivity index (χ3n) is 2.97. The Morgan fingerprint density at radius 1 is 1.12 bits per heavy atom. The van der Waals surface area contributed by atoms with Crippen LogP contribution in [-0.4, -0.2) is 30.2 Å². The number of phenols is 1. The minimum Gasteiger partial charge on any atom is -0.504 e. The van der Waals surface area contributed by atoms with Gasteiger partial charge in [0.2, 0.25) is 0 Å². The average molecular weight is 382 g/mol. The zero-order valence-corrected chi connectivity index (χ0v) is 14.4. The molecule has 2 amide bonds. The van der Waals surface area contributed by atoms with Crippen molar-refractivity contribution >= 4 is 46.9 Å². The second-order valence-corrected chi connectivity index (χ2v) is 5.53. The van der Waals surface area contributed by atoms with Crippen molar-refractivity contribution in [2.75, 3.05) is 12.4 Å². The maximum atomic E-state index is 11.8. The van der Waals surface area contributed by atoms with E-state index in [1.807, 2.05) is 0 Å². The van der Waals surface area contributed by atoms with E-state index in [-0.39, 0.29) is 16.5 Å². The van der Waals surface area contributed by atoms with Crippen LogP contribution < -0.4 is 15.5 Å². The third kappa shape index (κ3) is 5.10. The van der Waals surface area contributed by atoms with Crippen molar-refractivity contribution in [2.45, 2.75) is 0 Å². The van der Waals surface area contributed by atoms with Crippen LogP contribution in [0.15, 0.2) is 41.5 Å². The van der Waals surface area contributed by atoms with Crippen molar-refractivity contribution in [3.8, 4) is 11.5 Å². The standard InChI is InChI=1S/C16H13Cl2N3O4/c1-25-14-6-9(2-5-13(14)22)8-19-21-16(24)15(23)20-10-3-4-11(17)12(18)7-10/h2-8,22H,1H3,(H,20,23)(H,21,24)/b19-8-. The summed E-state index contributed by atoms with van der Waals surface area (Å²) in [6, 6.07) is 8.91. The van der Waals surface area contributed by atoms with Crippen LogP contribution in [0.5, 0.6) is 11.5 Å². The number of hydrogen-bond acceptors (Lipinski definition) is 5. The molecule has 3 N–H and O–H groups in total. The summed E-state index contributed by atoms with van der Waals surface area (Å²) in [6.45, 7) is 0. The molecule has 0 unspecified atom stereocenters. The SMILES string of the molecule is COc1cc(/C=N\NC(=O)C(=O)Nc2ccc(Cl)c(Cl)c2)ccc1O. The third-order valence-corrected chi connectivity index (χ3v) is 3.71. The van der Waals surface area contributed by atoms with Crippen LogP contribution in [-0.2, 0) is 9.59 Å². The highest BCUT2D eigenvalue weighted by molar-refractivity contribution is 6.42. The van der Waals surface area contributed by atoms with Gasteiger partial charge in [0.1, 0.15) is 0 Å². The lowest BCUT2D eigenvalue weighted by molar-refractivity contribution is -0.136. The quantitative estimate of drug-likeness (QED) is 0.430. The predicted octanol–water partition coefficient (Wildman–Crippen LogP) is 2.80. The molecule has 0 saturated carbocycles. The second kappa shape index (κ2) is 8.36. The van der Waals surface area contributed by atoms with Crippen LogP contribution in [0.2, 0.25) is 10.0 Å². The first-order valence-electron chi connectivity index (χ1n) is 6.87. The topological polar surface area (TPSA) is 100 Å². The molecule has 25 heavy (non-hydrogen) atoms. The van der Waals surface area contributed by atoms with Crippen LogP contribution >= 0.6 is 23.2 Å². The van der Waals surface area contributed by atoms with Gasteiger partial charge < -0.3 is 15.2 Å². The number of phenolic OH excluding ortho intramolecular Hbond substituents is 1. The highest BCUT2D eigenvalue weighted by atomic mass is 35.5. The maximum absolute atomic E-state index is 11.8. The van der Waals surface area contributed by atoms with Gasteiger partial charge in [-0.2, -0.15) is 5.10 Å². The van der Waals surface area contributed by atoms with Gasteiger partial charge in [-0.05, 0) is 42.0 Å². The Labute approximate surface area is 153 Å². The van der Waals surface area contributed by atoms with E-state index in [1.54, 1.807) is 6.07 Å². The largest absolute Gasteiger partial charge is 0.504 e. The summed E-state index contributed by atoms with van der Waals surface area (Å²) in [5.74, 6) is -1.65. The Bertz CT molecular complexity index is 840. The summed E-state index contributed by atoms with van der Waals surface area (Å²) in [5.41, 5.74) is 2.96. The number of amides is 2. The minimum absolute atomic E-state index is 0.0234. The number of aromatic hydroxyl groups is 1. The van der Waals surface area contributed by atoms with Gasteiger partial charge in [-0.15, -0.1) is 0 Å². The van der Waals surface area contributed by atoms with Crippen LogP contribution in [0.25, 0.3) is 0 Å². The molecular formula is C16H13Cl2N3O4. The zero-order valence-electron chi connectivity index (χ0n) is 12.9. The Morgan fingerprint density at radius 2 is 1.88 bits per heavy atom. The smallest absolute Gasteiger partial charge is 0.329 e. The van der Waals surface area contributed by atoms with E-state index in [2.05, 4.69) is 15.8 Å². The Hall–Kier alpha value is -2.77. The maximum Gasteiger partial charge on any atom is 0.329 e. The Morgan fingerprint density at radius 3 is 2.56 bits per heavy atom. The summed E-state index contributed by atoms with van der Waals surface area (Å²) in [5, 5.41) is 16.1. The highest BCUT2D eigenvalue weighted by Crippen LogP contribution is 2.26. The molecule has 0 saturated heterocycles. The van der Waals surface area contributed by atoms with Gasteiger partial charge in [-0.25, -0.2) is 5.43 Å². The molecule has 0 atom stereocenters. The molecule has 0 heterocycles. The number of carbonyl (C=O) groups excluding carboxylic acids is 2. The van der Waals surface area contributed by atoms with E-state index in [0.29, 0.717) is 16.3 Å². The number of nitrogens with zero attached hydrogens (tertiary/aromatic N) is 1. The van der Waals surface area contributed by atoms with Gasteiger partial charge >= 0.3 is 11.8 Å². The normalized spacial score (nSPS) is 10.5. The van der Waals surface area contributed by atoms with Crippen LogP contribution in [0.4, 0.5) is 5.69 Å². The molecule has 0 spiro atoms. The van der Waals surface area contributed by atoms with Gasteiger partial charge in [-0.1, -0.05) is 23.2 Å². The number of benzene rings is 2. The first-order chi connectivity index (χ1) is 11.9. The lowest BCUT2D eigenvalue weighted by atomic mass is 10.2. The highest BCUT2D eigenvalue weighted by Gasteiger charge is 2.13. The number of methoxy groups -OCH3 is 1. The van der Waals surface area contributed by atoms with E-state index in [9.17, 15) is 14.7 Å². The van der Waals surface area contributed by atoms with Crippen LogP contribution in [0, 0.1) is 0 Å². The van der Waals surface area contributed by atoms with E-state index < -0.39 is 11.8 Å². The van der Waals surface area contributed by atoms with E-state index in [1.165, 1.54) is 43.7 Å². The molecule has 0 aliphatic rings. The number of nitrogens with one attached hydrogen (secondary N) is 2. The molecule has 0 aliphatic carbocycles. The van der Waals surface area contributed by atoms with E-state index >= 15 is 0 Å². The molecule has 7 nitrogen and oxygen atoms in total. The number of hydrogen-bond donors (Lipinski definition) is 3. The fraction of sp³-hybridized carbons (Fsp3) is 0.0625. The first kappa shape index (κ1) is 18.6. The Kier molecular flexibility index (Phi) is 6.21. The fourth-order valence-corrected chi connectivity index (χ4v) is 2.05. The predicted molar refractivity (Wildman–Crippen MR) is 95.5 cm³/mol. The van der Waals surface area contributed by atoms with Gasteiger partial charge in [-0.3, -0.25) is 9.59 Å². The van der Waals surface area contributed by atoms with Gasteiger partial charge in [0.05, 0.1) is 23.4 Å². The van der Waals surface area contributed by atoms with Crippen molar-refractivity contribution in [3.63, 3.8) is 0 Å². The first-order valence-corrected chi connectivity index (χ1v) is 7.62. The lowest BCUT2D eigenvalue weighted by Crippen LogP contribution is -2.32. The number of ether oxygens (including phenoxy) is 1. The van der Waals surface area contributed by atoms with Gasteiger partial charge in [0.25, 0.3) is 0 Å². The van der Waals surface area contributed by atoms with Crippen molar-refractivity contribution in [2.24, 2.45) is 5.10 Å². The van der Waals surface area contributed by atoms with E-state index in [0.717, 1.165) is 0 Å². The van der Waals surface area contributed by atoms with Crippen molar-refractivity contribution in [1.82, 2.24) is 5.43 Å². The summed E-state index contributed by atoms with van der Waals surface area (Å²) in [4.78, 5) is 23.5. The molecule has 2 aromatic carbocycles. The average Bonchev–Trinajstić information content (AvgIpc) is 2.59. The number of halogens is 2. The molecule has 0 bridgehead atoms. The van der Waals surface area contributed by atoms with Crippen molar-refractivity contribution < 1.29 is 19.4 Å².